The second-order valence-corrected chi connectivity index (χ2v) is 3.27. The lowest BCUT2D eigenvalue weighted by atomic mass is 10.1. The van der Waals surface area contributed by atoms with Crippen LogP contribution in [0.3, 0.4) is 0 Å². The normalized spacial score (nSPS) is 11.0. The van der Waals surface area contributed by atoms with E-state index in [0.717, 1.165) is 11.3 Å². The van der Waals surface area contributed by atoms with Crippen LogP contribution in [0.25, 0.3) is 5.76 Å². The Bertz CT molecular complexity index is 385. The Balaban J connectivity index is 3.36. The van der Waals surface area contributed by atoms with E-state index < -0.39 is 0 Å². The van der Waals surface area contributed by atoms with Gasteiger partial charge in [0.2, 0.25) is 5.75 Å². The second-order valence-electron chi connectivity index (χ2n) is 3.27. The lowest BCUT2D eigenvalue weighted by Crippen LogP contribution is -1.97. The minimum Gasteiger partial charge on any atom is -0.496 e. The molecular formula is C13H18O4. The smallest absolute Gasteiger partial charge is 0.203 e. The molecule has 0 saturated heterocycles. The third kappa shape index (κ3) is 2.64. The van der Waals surface area contributed by atoms with E-state index in [-0.39, 0.29) is 0 Å². The van der Waals surface area contributed by atoms with E-state index >= 15 is 0 Å². The van der Waals surface area contributed by atoms with Crippen LogP contribution in [0.2, 0.25) is 0 Å². The number of ether oxygens (including phenoxy) is 4. The molecule has 0 radical (unpaired) electrons. The first-order chi connectivity index (χ1) is 8.21. The lowest BCUT2D eigenvalue weighted by Gasteiger charge is -2.15. The molecule has 4 heteroatoms. The van der Waals surface area contributed by atoms with Crippen LogP contribution in [-0.4, -0.2) is 28.4 Å². The summed E-state index contributed by atoms with van der Waals surface area (Å²) in [5.74, 6) is 2.55. The van der Waals surface area contributed by atoms with Crippen LogP contribution in [0.15, 0.2) is 18.2 Å². The molecule has 0 bridgehead atoms. The number of methoxy groups -OCH3 is 4. The third-order valence-electron chi connectivity index (χ3n) is 2.43. The van der Waals surface area contributed by atoms with Crippen LogP contribution >= 0.6 is 0 Å². The summed E-state index contributed by atoms with van der Waals surface area (Å²) in [6.45, 7) is 1.90. The number of rotatable bonds is 5. The summed E-state index contributed by atoms with van der Waals surface area (Å²) in [5.41, 5.74) is 0.879. The molecule has 0 amide bonds. The molecule has 17 heavy (non-hydrogen) atoms. The van der Waals surface area contributed by atoms with Gasteiger partial charge < -0.3 is 18.9 Å². The average molecular weight is 238 g/mol. The zero-order chi connectivity index (χ0) is 12.8. The molecule has 0 atom stereocenters. The first-order valence-corrected chi connectivity index (χ1v) is 5.22. The zero-order valence-corrected chi connectivity index (χ0v) is 10.9. The fourth-order valence-electron chi connectivity index (χ4n) is 1.63. The van der Waals surface area contributed by atoms with Gasteiger partial charge in [0.15, 0.2) is 11.5 Å². The van der Waals surface area contributed by atoms with E-state index in [1.807, 2.05) is 25.1 Å². The Morgan fingerprint density at radius 3 is 1.76 bits per heavy atom. The van der Waals surface area contributed by atoms with Gasteiger partial charge >= 0.3 is 0 Å². The maximum absolute atomic E-state index is 5.27. The van der Waals surface area contributed by atoms with Crippen molar-refractivity contribution in [3.05, 3.63) is 23.8 Å². The highest BCUT2D eigenvalue weighted by Crippen LogP contribution is 2.39. The summed E-state index contributed by atoms with van der Waals surface area (Å²) in [7, 11) is 6.37. The molecule has 0 aliphatic rings. The van der Waals surface area contributed by atoms with Gasteiger partial charge in [-0.25, -0.2) is 0 Å². The molecule has 0 aliphatic carbocycles. The van der Waals surface area contributed by atoms with Gasteiger partial charge in [-0.15, -0.1) is 0 Å². The van der Waals surface area contributed by atoms with Crippen molar-refractivity contribution in [2.45, 2.75) is 6.92 Å². The van der Waals surface area contributed by atoms with Gasteiger partial charge in [-0.05, 0) is 25.1 Å². The lowest BCUT2D eigenvalue weighted by molar-refractivity contribution is 0.323. The average Bonchev–Trinajstić information content (AvgIpc) is 2.38. The molecular weight excluding hydrogens is 220 g/mol. The highest BCUT2D eigenvalue weighted by Gasteiger charge is 2.14. The van der Waals surface area contributed by atoms with Crippen LogP contribution < -0.4 is 14.2 Å². The van der Waals surface area contributed by atoms with Gasteiger partial charge in [-0.3, -0.25) is 0 Å². The van der Waals surface area contributed by atoms with Crippen LogP contribution in [0.4, 0.5) is 0 Å². The molecule has 4 nitrogen and oxygen atoms in total. The van der Waals surface area contributed by atoms with E-state index in [4.69, 9.17) is 18.9 Å². The van der Waals surface area contributed by atoms with Crippen molar-refractivity contribution >= 4 is 5.76 Å². The predicted octanol–water partition coefficient (Wildman–Crippen LogP) is 2.72. The van der Waals surface area contributed by atoms with Gasteiger partial charge in [0.05, 0.1) is 28.4 Å². The van der Waals surface area contributed by atoms with E-state index in [1.165, 1.54) is 0 Å². The van der Waals surface area contributed by atoms with E-state index in [2.05, 4.69) is 0 Å². The van der Waals surface area contributed by atoms with Crippen molar-refractivity contribution in [2.75, 3.05) is 28.4 Å². The largest absolute Gasteiger partial charge is 0.496 e. The van der Waals surface area contributed by atoms with E-state index in [0.29, 0.717) is 17.2 Å². The van der Waals surface area contributed by atoms with Gasteiger partial charge in [-0.1, -0.05) is 0 Å². The fraction of sp³-hybridized carbons (Fsp3) is 0.385. The molecule has 0 heterocycles. The van der Waals surface area contributed by atoms with Gasteiger partial charge in [0.1, 0.15) is 5.76 Å². The molecule has 1 aromatic rings. The highest BCUT2D eigenvalue weighted by atomic mass is 16.5. The van der Waals surface area contributed by atoms with Gasteiger partial charge in [0.25, 0.3) is 0 Å². The van der Waals surface area contributed by atoms with Crippen LogP contribution in [0.5, 0.6) is 17.2 Å². The van der Waals surface area contributed by atoms with Crippen molar-refractivity contribution in [2.24, 2.45) is 0 Å². The monoisotopic (exact) mass is 238 g/mol. The summed E-state index contributed by atoms with van der Waals surface area (Å²) in [6, 6.07) is 3.69. The molecule has 1 rings (SSSR count). The standard InChI is InChI=1S/C13H18O4/c1-6-10(14-2)9-7-11(15-3)13(17-5)12(8-9)16-4/h6-8H,1-5H3/b10-6+. The Hall–Kier alpha value is -1.84. The molecule has 0 aromatic heterocycles. The number of hydrogen-bond donors (Lipinski definition) is 0. The van der Waals surface area contributed by atoms with Crippen LogP contribution in [0, 0.1) is 0 Å². The zero-order valence-electron chi connectivity index (χ0n) is 10.9. The summed E-state index contributed by atoms with van der Waals surface area (Å²) in [5, 5.41) is 0. The third-order valence-corrected chi connectivity index (χ3v) is 2.43. The molecule has 0 N–H and O–H groups in total. The molecule has 1 aromatic carbocycles. The molecule has 0 fully saturated rings. The Labute approximate surface area is 102 Å². The molecule has 0 spiro atoms. The van der Waals surface area contributed by atoms with Gasteiger partial charge in [-0.2, -0.15) is 0 Å². The van der Waals surface area contributed by atoms with Crippen molar-refractivity contribution in [3.8, 4) is 17.2 Å². The second kappa shape index (κ2) is 6.03. The van der Waals surface area contributed by atoms with E-state index in [9.17, 15) is 0 Å². The van der Waals surface area contributed by atoms with Gasteiger partial charge in [0, 0.05) is 5.56 Å². The molecule has 94 valence electrons. The fourth-order valence-corrected chi connectivity index (χ4v) is 1.63. The topological polar surface area (TPSA) is 36.9 Å². The molecule has 0 saturated carbocycles. The number of allylic oxidation sites excluding steroid dienone is 1. The van der Waals surface area contributed by atoms with Crippen molar-refractivity contribution < 1.29 is 18.9 Å². The first-order valence-electron chi connectivity index (χ1n) is 5.22. The maximum Gasteiger partial charge on any atom is 0.203 e. The first kappa shape index (κ1) is 13.2. The van der Waals surface area contributed by atoms with Crippen molar-refractivity contribution in [1.82, 2.24) is 0 Å². The predicted molar refractivity (Wildman–Crippen MR) is 66.8 cm³/mol. The minimum absolute atomic E-state index is 0.574. The SMILES string of the molecule is C/C=C(/OC)c1cc(OC)c(OC)c(OC)c1. The van der Waals surface area contributed by atoms with Crippen molar-refractivity contribution in [1.29, 1.82) is 0 Å². The molecule has 0 aliphatic heterocycles. The number of benzene rings is 1. The Morgan fingerprint density at radius 2 is 1.47 bits per heavy atom. The van der Waals surface area contributed by atoms with Crippen molar-refractivity contribution in [3.63, 3.8) is 0 Å². The number of hydrogen-bond acceptors (Lipinski definition) is 4. The maximum atomic E-state index is 5.27. The van der Waals surface area contributed by atoms with E-state index in [1.54, 1.807) is 28.4 Å². The van der Waals surface area contributed by atoms with Crippen LogP contribution in [-0.2, 0) is 4.74 Å². The molecule has 0 unspecified atom stereocenters. The summed E-state index contributed by atoms with van der Waals surface area (Å²) < 4.78 is 21.1. The summed E-state index contributed by atoms with van der Waals surface area (Å²) in [4.78, 5) is 0. The quantitative estimate of drug-likeness (QED) is 0.739. The summed E-state index contributed by atoms with van der Waals surface area (Å²) >= 11 is 0. The Morgan fingerprint density at radius 1 is 0.941 bits per heavy atom. The highest BCUT2D eigenvalue weighted by molar-refractivity contribution is 5.67. The van der Waals surface area contributed by atoms with Crippen LogP contribution in [0.1, 0.15) is 12.5 Å². The Kier molecular flexibility index (Phi) is 4.69. The minimum atomic E-state index is 0.574. The summed E-state index contributed by atoms with van der Waals surface area (Å²) in [6.07, 6.45) is 1.88.